The first-order valence-corrected chi connectivity index (χ1v) is 11.9. The van der Waals surface area contributed by atoms with Gasteiger partial charge in [-0.2, -0.15) is 0 Å². The van der Waals surface area contributed by atoms with Crippen LogP contribution in [-0.4, -0.2) is 40.3 Å². The van der Waals surface area contributed by atoms with Crippen LogP contribution in [0, 0.1) is 0 Å². The Balaban J connectivity index is 1.43. The molecule has 0 saturated heterocycles. The number of aliphatic hydroxyl groups is 1. The molecule has 0 saturated carbocycles. The van der Waals surface area contributed by atoms with Gasteiger partial charge in [-0.3, -0.25) is 9.59 Å². The van der Waals surface area contributed by atoms with E-state index in [9.17, 15) is 14.7 Å². The van der Waals surface area contributed by atoms with Crippen LogP contribution in [0.4, 0.5) is 0 Å². The number of benzene rings is 2. The summed E-state index contributed by atoms with van der Waals surface area (Å²) in [7, 11) is 1.63. The molecular weight excluding hydrogens is 448 g/mol. The molecule has 2 aromatic carbocycles. The first kappa shape index (κ1) is 22.0. The summed E-state index contributed by atoms with van der Waals surface area (Å²) in [6.45, 7) is 0.359. The van der Waals surface area contributed by atoms with Gasteiger partial charge in [-0.05, 0) is 47.2 Å². The van der Waals surface area contributed by atoms with Crippen molar-refractivity contribution in [1.82, 2.24) is 9.88 Å². The molecule has 34 heavy (non-hydrogen) atoms. The number of hydrogen-bond acceptors (Lipinski definition) is 5. The van der Waals surface area contributed by atoms with E-state index in [1.54, 1.807) is 12.0 Å². The average molecular weight is 473 g/mol. The second-order valence-corrected chi connectivity index (χ2v) is 9.22. The number of rotatable bonds is 8. The fourth-order valence-corrected chi connectivity index (χ4v) is 5.37. The monoisotopic (exact) mass is 472 g/mol. The Morgan fingerprint density at radius 3 is 2.71 bits per heavy atom. The third kappa shape index (κ3) is 3.99. The van der Waals surface area contributed by atoms with E-state index in [4.69, 9.17) is 4.74 Å². The standard InChI is InChI=1S/C27H24N2O4S/c1-33-19-9-10-21-20(15-19)18(16-28-21)11-12-29-25(23-8-5-13-34-23)24(26(31)27(29)32)22(30)14-17-6-3-2-4-7-17/h2-10,13,15-16,25,28,31H,11-12,14H2,1H3/t25-/m1/s1. The molecule has 3 heterocycles. The zero-order valence-electron chi connectivity index (χ0n) is 18.7. The molecule has 0 bridgehead atoms. The molecule has 0 spiro atoms. The quantitative estimate of drug-likeness (QED) is 0.379. The van der Waals surface area contributed by atoms with Gasteiger partial charge in [0.15, 0.2) is 11.5 Å². The second-order valence-electron chi connectivity index (χ2n) is 8.24. The van der Waals surface area contributed by atoms with Crippen molar-refractivity contribution in [3.8, 4) is 5.75 Å². The van der Waals surface area contributed by atoms with Crippen LogP contribution in [0.15, 0.2) is 83.6 Å². The molecule has 1 aliphatic rings. The lowest BCUT2D eigenvalue weighted by molar-refractivity contribution is -0.129. The first-order valence-electron chi connectivity index (χ1n) is 11.1. The number of aliphatic hydroxyl groups excluding tert-OH is 1. The molecule has 5 rings (SSSR count). The molecule has 4 aromatic rings. The number of thiophene rings is 1. The van der Waals surface area contributed by atoms with Crippen LogP contribution in [0.25, 0.3) is 10.9 Å². The molecule has 0 aliphatic carbocycles. The number of methoxy groups -OCH3 is 1. The van der Waals surface area contributed by atoms with Gasteiger partial charge in [-0.1, -0.05) is 36.4 Å². The maximum atomic E-state index is 13.3. The topological polar surface area (TPSA) is 82.6 Å². The van der Waals surface area contributed by atoms with Crippen LogP contribution in [0.5, 0.6) is 5.75 Å². The summed E-state index contributed by atoms with van der Waals surface area (Å²) in [6.07, 6.45) is 2.62. The van der Waals surface area contributed by atoms with Gasteiger partial charge >= 0.3 is 0 Å². The van der Waals surface area contributed by atoms with E-state index in [0.717, 1.165) is 32.7 Å². The lowest BCUT2D eigenvalue weighted by Gasteiger charge is -2.25. The summed E-state index contributed by atoms with van der Waals surface area (Å²) in [6, 6.07) is 18.4. The van der Waals surface area contributed by atoms with Crippen molar-refractivity contribution in [2.45, 2.75) is 18.9 Å². The van der Waals surface area contributed by atoms with Gasteiger partial charge in [0.05, 0.1) is 18.7 Å². The van der Waals surface area contributed by atoms with E-state index in [1.807, 2.05) is 72.2 Å². The Morgan fingerprint density at radius 2 is 1.97 bits per heavy atom. The smallest absolute Gasteiger partial charge is 0.290 e. The number of amides is 1. The third-order valence-electron chi connectivity index (χ3n) is 6.22. The van der Waals surface area contributed by atoms with Crippen molar-refractivity contribution >= 4 is 33.9 Å². The summed E-state index contributed by atoms with van der Waals surface area (Å²) in [5.41, 5.74) is 3.04. The number of aromatic amines is 1. The number of carbonyl (C=O) groups excluding carboxylic acids is 2. The van der Waals surface area contributed by atoms with Gasteiger partial charge in [-0.25, -0.2) is 0 Å². The number of fused-ring (bicyclic) bond motifs is 1. The zero-order chi connectivity index (χ0) is 23.7. The van der Waals surface area contributed by atoms with Crippen LogP contribution < -0.4 is 4.74 Å². The molecule has 2 aromatic heterocycles. The minimum Gasteiger partial charge on any atom is -0.503 e. The highest BCUT2D eigenvalue weighted by molar-refractivity contribution is 7.10. The van der Waals surface area contributed by atoms with Gasteiger partial charge in [-0.15, -0.1) is 11.3 Å². The molecular formula is C27H24N2O4S. The van der Waals surface area contributed by atoms with Crippen LogP contribution in [0.1, 0.15) is 22.0 Å². The summed E-state index contributed by atoms with van der Waals surface area (Å²) >= 11 is 1.47. The van der Waals surface area contributed by atoms with Gasteiger partial charge in [0.25, 0.3) is 5.91 Å². The van der Waals surface area contributed by atoms with Crippen molar-refractivity contribution in [2.75, 3.05) is 13.7 Å². The largest absolute Gasteiger partial charge is 0.503 e. The van der Waals surface area contributed by atoms with E-state index in [0.29, 0.717) is 13.0 Å². The number of nitrogens with one attached hydrogen (secondary N) is 1. The lowest BCUT2D eigenvalue weighted by Crippen LogP contribution is -2.32. The Labute approximate surface area is 201 Å². The molecule has 1 aliphatic heterocycles. The highest BCUT2D eigenvalue weighted by atomic mass is 32.1. The fourth-order valence-electron chi connectivity index (χ4n) is 4.52. The summed E-state index contributed by atoms with van der Waals surface area (Å²) in [5.74, 6) is -0.433. The van der Waals surface area contributed by atoms with Crippen molar-refractivity contribution in [3.63, 3.8) is 0 Å². The minimum absolute atomic E-state index is 0.130. The number of ketones is 1. The third-order valence-corrected chi connectivity index (χ3v) is 7.15. The summed E-state index contributed by atoms with van der Waals surface area (Å²) < 4.78 is 5.36. The van der Waals surface area contributed by atoms with E-state index >= 15 is 0 Å². The molecule has 172 valence electrons. The summed E-state index contributed by atoms with van der Waals surface area (Å²) in [4.78, 5) is 32.2. The van der Waals surface area contributed by atoms with Crippen molar-refractivity contribution < 1.29 is 19.4 Å². The SMILES string of the molecule is COc1ccc2[nH]cc(CCN3C(=O)C(O)=C(C(=O)Cc4ccccc4)[C@H]3c3cccs3)c2c1. The molecule has 6 nitrogen and oxygen atoms in total. The van der Waals surface area contributed by atoms with E-state index < -0.39 is 17.7 Å². The normalized spacial score (nSPS) is 16.0. The van der Waals surface area contributed by atoms with Crippen molar-refractivity contribution in [1.29, 1.82) is 0 Å². The van der Waals surface area contributed by atoms with E-state index in [1.165, 1.54) is 11.3 Å². The predicted molar refractivity (Wildman–Crippen MR) is 132 cm³/mol. The van der Waals surface area contributed by atoms with Gasteiger partial charge < -0.3 is 19.7 Å². The molecule has 2 N–H and O–H groups in total. The van der Waals surface area contributed by atoms with Crippen LogP contribution in [0.3, 0.4) is 0 Å². The molecule has 0 fully saturated rings. The lowest BCUT2D eigenvalue weighted by atomic mass is 9.97. The highest BCUT2D eigenvalue weighted by Gasteiger charge is 2.43. The number of carbonyl (C=O) groups is 2. The number of Topliss-reactive ketones (excluding diaryl/α,β-unsaturated/α-hetero) is 1. The molecule has 0 radical (unpaired) electrons. The Morgan fingerprint density at radius 1 is 1.15 bits per heavy atom. The Kier molecular flexibility index (Phi) is 5.94. The van der Waals surface area contributed by atoms with Crippen LogP contribution in [0.2, 0.25) is 0 Å². The zero-order valence-corrected chi connectivity index (χ0v) is 19.5. The number of ether oxygens (including phenoxy) is 1. The second kappa shape index (κ2) is 9.19. The number of hydrogen-bond donors (Lipinski definition) is 2. The molecule has 1 amide bonds. The molecule has 1 atom stereocenters. The molecule has 0 unspecified atom stereocenters. The number of aromatic nitrogens is 1. The predicted octanol–water partition coefficient (Wildman–Crippen LogP) is 4.99. The van der Waals surface area contributed by atoms with Gasteiger partial charge in [0, 0.05) is 34.9 Å². The van der Waals surface area contributed by atoms with Crippen LogP contribution >= 0.6 is 11.3 Å². The minimum atomic E-state index is -0.594. The Bertz CT molecular complexity index is 1370. The highest BCUT2D eigenvalue weighted by Crippen LogP contribution is 2.40. The average Bonchev–Trinajstić information content (AvgIpc) is 3.58. The van der Waals surface area contributed by atoms with Crippen molar-refractivity contribution in [3.05, 3.63) is 99.6 Å². The van der Waals surface area contributed by atoms with Gasteiger partial charge in [0.2, 0.25) is 0 Å². The van der Waals surface area contributed by atoms with E-state index in [-0.39, 0.29) is 17.8 Å². The van der Waals surface area contributed by atoms with Crippen molar-refractivity contribution in [2.24, 2.45) is 0 Å². The Hall–Kier alpha value is -3.84. The fraction of sp³-hybridized carbons (Fsp3) is 0.185. The number of nitrogens with zero attached hydrogens (tertiary/aromatic N) is 1. The number of H-pyrrole nitrogens is 1. The van der Waals surface area contributed by atoms with Gasteiger partial charge in [0.1, 0.15) is 5.75 Å². The van der Waals surface area contributed by atoms with Crippen LogP contribution in [-0.2, 0) is 22.4 Å². The maximum Gasteiger partial charge on any atom is 0.290 e. The summed E-state index contributed by atoms with van der Waals surface area (Å²) in [5, 5.41) is 13.7. The first-order chi connectivity index (χ1) is 16.6. The van der Waals surface area contributed by atoms with E-state index in [2.05, 4.69) is 4.98 Å². The molecule has 7 heteroatoms. The maximum absolute atomic E-state index is 13.3.